The zero-order chi connectivity index (χ0) is 27.1. The molecule has 37 heavy (non-hydrogen) atoms. The summed E-state index contributed by atoms with van der Waals surface area (Å²) in [6, 6.07) is 3.71. The third kappa shape index (κ3) is 5.58. The van der Waals surface area contributed by atoms with Gasteiger partial charge in [-0.1, -0.05) is 0 Å². The van der Waals surface area contributed by atoms with E-state index >= 15 is 0 Å². The lowest BCUT2D eigenvalue weighted by Crippen LogP contribution is -2.49. The molecule has 0 aromatic heterocycles. The van der Waals surface area contributed by atoms with Crippen LogP contribution in [0.1, 0.15) is 11.1 Å². The Kier molecular flexibility index (Phi) is 6.97. The highest BCUT2D eigenvalue weighted by molar-refractivity contribution is 5.97. The molecule has 2 aromatic carbocycles. The van der Waals surface area contributed by atoms with Crippen LogP contribution in [0.5, 0.6) is 5.75 Å². The molecule has 14 heteroatoms. The Morgan fingerprint density at radius 3 is 2.24 bits per heavy atom. The predicted octanol–water partition coefficient (Wildman–Crippen LogP) is 4.96. The van der Waals surface area contributed by atoms with Crippen LogP contribution in [0.2, 0.25) is 0 Å². The van der Waals surface area contributed by atoms with Crippen LogP contribution in [0.3, 0.4) is 0 Å². The van der Waals surface area contributed by atoms with Gasteiger partial charge in [-0.2, -0.15) is 26.3 Å². The fourth-order valence-electron chi connectivity index (χ4n) is 3.99. The van der Waals surface area contributed by atoms with E-state index in [9.17, 15) is 40.3 Å². The van der Waals surface area contributed by atoms with E-state index in [1.807, 2.05) is 0 Å². The van der Waals surface area contributed by atoms with Crippen molar-refractivity contribution in [2.45, 2.75) is 12.4 Å². The maximum Gasteiger partial charge on any atom is 0.420 e. The molecule has 0 bridgehead atoms. The Morgan fingerprint density at radius 2 is 1.70 bits per heavy atom. The van der Waals surface area contributed by atoms with Gasteiger partial charge < -0.3 is 15.0 Å². The lowest BCUT2D eigenvalue weighted by Gasteiger charge is -2.31. The van der Waals surface area contributed by atoms with Gasteiger partial charge >= 0.3 is 24.5 Å². The number of amides is 3. The van der Waals surface area contributed by atoms with Crippen LogP contribution in [0.15, 0.2) is 36.4 Å². The number of benzene rings is 2. The van der Waals surface area contributed by atoms with Crippen molar-refractivity contribution in [3.8, 4) is 5.75 Å². The molecule has 2 fully saturated rings. The summed E-state index contributed by atoms with van der Waals surface area (Å²) in [5.41, 5.74) is -4.31. The zero-order valence-corrected chi connectivity index (χ0v) is 19.3. The Bertz CT molecular complexity index is 1180. The van der Waals surface area contributed by atoms with Crippen molar-refractivity contribution in [1.29, 1.82) is 0 Å². The largest absolute Gasteiger partial charge is 0.420 e. The summed E-state index contributed by atoms with van der Waals surface area (Å²) in [5.74, 6) is -1.76. The molecule has 200 valence electrons. The molecule has 0 unspecified atom stereocenters. The summed E-state index contributed by atoms with van der Waals surface area (Å²) >= 11 is 0. The van der Waals surface area contributed by atoms with Gasteiger partial charge in [-0.05, 0) is 36.4 Å². The van der Waals surface area contributed by atoms with Gasteiger partial charge in [0.15, 0.2) is 5.75 Å². The van der Waals surface area contributed by atoms with Gasteiger partial charge in [0.25, 0.3) is 0 Å². The van der Waals surface area contributed by atoms with Crippen LogP contribution >= 0.6 is 0 Å². The van der Waals surface area contributed by atoms with Crippen molar-refractivity contribution >= 4 is 23.5 Å². The quantitative estimate of drug-likeness (QED) is 0.551. The number of ether oxygens (including phenoxy) is 1. The van der Waals surface area contributed by atoms with Crippen LogP contribution in [-0.4, -0.2) is 56.8 Å². The van der Waals surface area contributed by atoms with Gasteiger partial charge in [0, 0.05) is 51.4 Å². The first-order chi connectivity index (χ1) is 17.3. The van der Waals surface area contributed by atoms with Crippen molar-refractivity contribution in [2.75, 3.05) is 49.6 Å². The molecule has 0 aliphatic carbocycles. The van der Waals surface area contributed by atoms with E-state index < -0.39 is 52.9 Å². The highest BCUT2D eigenvalue weighted by Gasteiger charge is 2.44. The van der Waals surface area contributed by atoms with Crippen molar-refractivity contribution in [2.24, 2.45) is 5.92 Å². The number of rotatable bonds is 5. The lowest BCUT2D eigenvalue weighted by atomic mass is 10.0. The Hall–Kier alpha value is -3.55. The molecule has 3 amide bonds. The average molecular weight is 534 g/mol. The van der Waals surface area contributed by atoms with E-state index in [4.69, 9.17) is 4.74 Å². The van der Waals surface area contributed by atoms with Gasteiger partial charge in [0.1, 0.15) is 11.4 Å². The van der Waals surface area contributed by atoms with E-state index in [0.29, 0.717) is 19.2 Å². The smallest absolute Gasteiger partial charge is 0.407 e. The molecule has 0 atom stereocenters. The van der Waals surface area contributed by atoms with Gasteiger partial charge in [0.2, 0.25) is 0 Å². The van der Waals surface area contributed by atoms with Gasteiger partial charge in [-0.25, -0.2) is 14.0 Å². The minimum atomic E-state index is -5.36. The number of nitrogens with one attached hydrogen (secondary N) is 1. The number of hydrogen-bond donors (Lipinski definition) is 1. The van der Waals surface area contributed by atoms with Gasteiger partial charge in [-0.3, -0.25) is 9.80 Å². The molecular formula is C23H21F7N4O3. The van der Waals surface area contributed by atoms with Crippen molar-refractivity contribution < 1.29 is 45.1 Å². The highest BCUT2D eigenvalue weighted by Crippen LogP contribution is 2.47. The lowest BCUT2D eigenvalue weighted by molar-refractivity contribution is -0.143. The first kappa shape index (κ1) is 26.5. The average Bonchev–Trinajstić information content (AvgIpc) is 3.14. The number of hydrogen-bond acceptors (Lipinski definition) is 4. The molecule has 2 saturated heterocycles. The fraction of sp³-hybridized carbons (Fsp3) is 0.391. The van der Waals surface area contributed by atoms with Crippen LogP contribution in [0.25, 0.3) is 0 Å². The molecule has 2 heterocycles. The maximum absolute atomic E-state index is 14.0. The Morgan fingerprint density at radius 1 is 1.05 bits per heavy atom. The molecular weight excluding hydrogens is 513 g/mol. The summed E-state index contributed by atoms with van der Waals surface area (Å²) < 4.78 is 101. The molecule has 7 nitrogen and oxygen atoms in total. The standard InChI is InChI=1S/C23H21F7N4O3/c1-32(16-4-2-15(24)3-5-16)21(36)37-19-17(23(28,29)30)8-14(22(25,26)27)9-18(19)34-7-6-33(20(34)35)12-13-10-31-11-13/h2-5,8-9,13,31H,6-7,10-12H2,1H3. The molecule has 0 spiro atoms. The summed E-state index contributed by atoms with van der Waals surface area (Å²) in [4.78, 5) is 28.6. The second-order valence-corrected chi connectivity index (χ2v) is 8.68. The summed E-state index contributed by atoms with van der Waals surface area (Å²) in [7, 11) is 1.13. The van der Waals surface area contributed by atoms with Crippen LogP contribution < -0.4 is 19.9 Å². The SMILES string of the molecule is CN(C(=O)Oc1c(N2CCN(CC3CNC3)C2=O)cc(C(F)(F)F)cc1C(F)(F)F)c1ccc(F)cc1. The number of alkyl halides is 6. The first-order valence-electron chi connectivity index (χ1n) is 11.1. The highest BCUT2D eigenvalue weighted by atomic mass is 19.4. The first-order valence-corrected chi connectivity index (χ1v) is 11.1. The van der Waals surface area contributed by atoms with Crippen molar-refractivity contribution in [3.05, 3.63) is 53.3 Å². The molecule has 1 N–H and O–H groups in total. The second kappa shape index (κ2) is 9.72. The maximum atomic E-state index is 14.0. The molecule has 2 aromatic rings. The number of anilines is 2. The van der Waals surface area contributed by atoms with Crippen molar-refractivity contribution in [3.63, 3.8) is 0 Å². The Labute approximate surface area is 206 Å². The summed E-state index contributed by atoms with van der Waals surface area (Å²) in [6.07, 6.45) is -11.9. The van der Waals surface area contributed by atoms with Crippen molar-refractivity contribution in [1.82, 2.24) is 10.2 Å². The topological polar surface area (TPSA) is 65.1 Å². The summed E-state index contributed by atoms with van der Waals surface area (Å²) in [6.45, 7) is 1.38. The van der Waals surface area contributed by atoms with Gasteiger partial charge in [-0.15, -0.1) is 0 Å². The normalized spacial score (nSPS) is 16.7. The third-order valence-electron chi connectivity index (χ3n) is 6.11. The second-order valence-electron chi connectivity index (χ2n) is 8.68. The number of nitrogens with zero attached hydrogens (tertiary/aromatic N) is 3. The molecule has 0 saturated carbocycles. The molecule has 2 aliphatic heterocycles. The third-order valence-corrected chi connectivity index (χ3v) is 6.11. The molecule has 2 aliphatic rings. The van der Waals surface area contributed by atoms with E-state index in [1.54, 1.807) is 0 Å². The number of halogens is 7. The number of carbonyl (C=O) groups is 2. The fourth-order valence-corrected chi connectivity index (χ4v) is 3.99. The van der Waals surface area contributed by atoms with E-state index in [2.05, 4.69) is 5.32 Å². The van der Waals surface area contributed by atoms with E-state index in [1.165, 1.54) is 4.90 Å². The summed E-state index contributed by atoms with van der Waals surface area (Å²) in [5, 5.41) is 3.01. The molecule has 0 radical (unpaired) electrons. The Balaban J connectivity index is 1.75. The van der Waals surface area contributed by atoms with Crippen LogP contribution in [0, 0.1) is 11.7 Å². The monoisotopic (exact) mass is 534 g/mol. The number of carbonyl (C=O) groups excluding carboxylic acids is 2. The number of urea groups is 1. The predicted molar refractivity (Wildman–Crippen MR) is 118 cm³/mol. The minimum Gasteiger partial charge on any atom is -0.407 e. The molecule has 4 rings (SSSR count). The minimum absolute atomic E-state index is 0.0472. The van der Waals surface area contributed by atoms with E-state index in [0.717, 1.165) is 41.1 Å². The van der Waals surface area contributed by atoms with Crippen LogP contribution in [-0.2, 0) is 12.4 Å². The van der Waals surface area contributed by atoms with E-state index in [-0.39, 0.29) is 37.3 Å². The zero-order valence-electron chi connectivity index (χ0n) is 19.3. The van der Waals surface area contributed by atoms with Gasteiger partial charge in [0.05, 0.1) is 11.3 Å². The van der Waals surface area contributed by atoms with Crippen LogP contribution in [0.4, 0.5) is 51.7 Å².